The summed E-state index contributed by atoms with van der Waals surface area (Å²) in [7, 11) is 0. The first-order chi connectivity index (χ1) is 5.77. The van der Waals surface area contributed by atoms with E-state index >= 15 is 0 Å². The molecule has 0 amide bonds. The van der Waals surface area contributed by atoms with Crippen LogP contribution in [0.2, 0.25) is 0 Å². The quantitative estimate of drug-likeness (QED) is 0.696. The summed E-state index contributed by atoms with van der Waals surface area (Å²) in [6.07, 6.45) is 9.00. The second-order valence-electron chi connectivity index (χ2n) is 3.05. The number of rotatable bonds is 1. The topological polar surface area (TPSA) is 26.3 Å². The number of ether oxygens (including phenoxy) is 1. The van der Waals surface area contributed by atoms with E-state index in [4.69, 9.17) is 0 Å². The molecule has 0 bridgehead atoms. The minimum absolute atomic E-state index is 0. The Balaban J connectivity index is 0. The van der Waals surface area contributed by atoms with Crippen LogP contribution >= 0.6 is 0 Å². The Morgan fingerprint density at radius 2 is 1.38 bits per heavy atom. The van der Waals surface area contributed by atoms with E-state index in [0.717, 1.165) is 0 Å². The molecule has 0 radical (unpaired) electrons. The second-order valence-corrected chi connectivity index (χ2v) is 3.05. The number of esters is 1. The Bertz CT molecular complexity index is 100.0. The van der Waals surface area contributed by atoms with Crippen molar-refractivity contribution in [2.24, 2.45) is 0 Å². The van der Waals surface area contributed by atoms with Gasteiger partial charge in [0.25, 0.3) is 0 Å². The van der Waals surface area contributed by atoms with E-state index in [1.165, 1.54) is 45.4 Å². The standard InChI is InChI=1S/C6H12.C4H8O2.Ce/c1-2-4-6-5-3-1;1-3-6-4(2)5;/h1-6H2;3H2,1-2H3;. The summed E-state index contributed by atoms with van der Waals surface area (Å²) in [4.78, 5) is 9.82. The van der Waals surface area contributed by atoms with Gasteiger partial charge in [0.15, 0.2) is 0 Å². The normalized spacial score (nSPS) is 14.6. The van der Waals surface area contributed by atoms with Crippen LogP contribution in [0, 0.1) is 41.7 Å². The maximum Gasteiger partial charge on any atom is 0.302 e. The fourth-order valence-electron chi connectivity index (χ4n) is 1.26. The van der Waals surface area contributed by atoms with Gasteiger partial charge in [-0.3, -0.25) is 4.79 Å². The zero-order valence-corrected chi connectivity index (χ0v) is 11.9. The number of carbonyl (C=O) groups excluding carboxylic acids is 1. The Kier molecular flexibility index (Phi) is 16.1. The molecule has 1 aliphatic carbocycles. The van der Waals surface area contributed by atoms with Gasteiger partial charge in [-0.05, 0) is 6.92 Å². The number of carbonyl (C=O) groups is 1. The molecule has 0 aliphatic heterocycles. The molecule has 1 saturated carbocycles. The van der Waals surface area contributed by atoms with Crippen molar-refractivity contribution in [2.45, 2.75) is 52.4 Å². The first-order valence-corrected chi connectivity index (χ1v) is 4.90. The van der Waals surface area contributed by atoms with E-state index < -0.39 is 0 Å². The molecule has 0 saturated heterocycles. The van der Waals surface area contributed by atoms with Crippen LogP contribution in [0.1, 0.15) is 52.4 Å². The molecular weight excluding hydrogens is 292 g/mol. The fourth-order valence-corrected chi connectivity index (χ4v) is 1.26. The molecule has 0 spiro atoms. The van der Waals surface area contributed by atoms with Crippen molar-refractivity contribution in [2.75, 3.05) is 6.61 Å². The summed E-state index contributed by atoms with van der Waals surface area (Å²) in [5.41, 5.74) is 0. The van der Waals surface area contributed by atoms with Crippen molar-refractivity contribution in [1.29, 1.82) is 0 Å². The van der Waals surface area contributed by atoms with Gasteiger partial charge in [0, 0.05) is 48.7 Å². The average Bonchev–Trinajstić information content (AvgIpc) is 2.08. The maximum absolute atomic E-state index is 9.82. The third kappa shape index (κ3) is 15.6. The molecule has 3 heteroatoms. The molecule has 0 N–H and O–H groups in total. The third-order valence-electron chi connectivity index (χ3n) is 1.85. The smallest absolute Gasteiger partial charge is 0.302 e. The Morgan fingerprint density at radius 1 is 1.08 bits per heavy atom. The van der Waals surface area contributed by atoms with Gasteiger partial charge in [0.05, 0.1) is 6.61 Å². The monoisotopic (exact) mass is 312 g/mol. The van der Waals surface area contributed by atoms with Gasteiger partial charge < -0.3 is 4.74 Å². The van der Waals surface area contributed by atoms with Crippen LogP contribution in [0.5, 0.6) is 0 Å². The van der Waals surface area contributed by atoms with Crippen molar-refractivity contribution in [3.63, 3.8) is 0 Å². The first-order valence-electron chi connectivity index (χ1n) is 4.90. The zero-order valence-electron chi connectivity index (χ0n) is 8.77. The predicted octanol–water partition coefficient (Wildman–Crippen LogP) is 2.91. The summed E-state index contributed by atoms with van der Waals surface area (Å²) in [5, 5.41) is 0. The van der Waals surface area contributed by atoms with Crippen molar-refractivity contribution < 1.29 is 51.3 Å². The van der Waals surface area contributed by atoms with Gasteiger partial charge in [-0.15, -0.1) is 0 Å². The van der Waals surface area contributed by atoms with Crippen molar-refractivity contribution in [3.05, 3.63) is 0 Å². The fraction of sp³-hybridized carbons (Fsp3) is 0.900. The van der Waals surface area contributed by atoms with Crippen LogP contribution in [0.25, 0.3) is 0 Å². The van der Waals surface area contributed by atoms with Crippen LogP contribution in [0.3, 0.4) is 0 Å². The molecule has 76 valence electrons. The molecular formula is C10H20CeO2. The molecule has 13 heavy (non-hydrogen) atoms. The minimum Gasteiger partial charge on any atom is -0.466 e. The molecule has 0 aromatic carbocycles. The van der Waals surface area contributed by atoms with Gasteiger partial charge in [-0.1, -0.05) is 38.5 Å². The Hall–Kier alpha value is 0.847. The molecule has 0 unspecified atom stereocenters. The van der Waals surface area contributed by atoms with Crippen LogP contribution in [0.15, 0.2) is 0 Å². The number of hydrogen-bond acceptors (Lipinski definition) is 2. The van der Waals surface area contributed by atoms with E-state index in [1.54, 1.807) is 6.92 Å². The van der Waals surface area contributed by atoms with Crippen molar-refractivity contribution in [1.82, 2.24) is 0 Å². The average molecular weight is 312 g/mol. The van der Waals surface area contributed by atoms with Crippen LogP contribution < -0.4 is 0 Å². The van der Waals surface area contributed by atoms with Gasteiger partial charge in [-0.2, -0.15) is 0 Å². The van der Waals surface area contributed by atoms with Crippen molar-refractivity contribution in [3.8, 4) is 0 Å². The second kappa shape index (κ2) is 12.8. The van der Waals surface area contributed by atoms with E-state index in [9.17, 15) is 4.79 Å². The molecule has 1 rings (SSSR count). The zero-order chi connectivity index (χ0) is 9.23. The minimum atomic E-state index is -0.211. The molecule has 0 atom stereocenters. The van der Waals surface area contributed by atoms with Crippen LogP contribution in [0.4, 0.5) is 0 Å². The van der Waals surface area contributed by atoms with E-state index in [1.807, 2.05) is 0 Å². The van der Waals surface area contributed by atoms with Crippen molar-refractivity contribution >= 4 is 5.97 Å². The molecule has 0 heterocycles. The largest absolute Gasteiger partial charge is 0.466 e. The Labute approximate surface area is 115 Å². The molecule has 0 aromatic rings. The summed E-state index contributed by atoms with van der Waals surface area (Å²) in [5.74, 6) is -0.211. The molecule has 1 aliphatic rings. The first kappa shape index (κ1) is 16.3. The Morgan fingerprint density at radius 3 is 1.46 bits per heavy atom. The SMILES string of the molecule is C1CCCCC1.CCOC(C)=O.[Ce]. The molecule has 0 aromatic heterocycles. The number of hydrogen-bond donors (Lipinski definition) is 0. The molecule has 2 nitrogen and oxygen atoms in total. The van der Waals surface area contributed by atoms with Gasteiger partial charge in [-0.25, -0.2) is 0 Å². The summed E-state index contributed by atoms with van der Waals surface area (Å²) in [6.45, 7) is 3.65. The van der Waals surface area contributed by atoms with E-state index in [-0.39, 0.29) is 47.7 Å². The van der Waals surface area contributed by atoms with E-state index in [2.05, 4.69) is 4.74 Å². The predicted molar refractivity (Wildman–Crippen MR) is 50.0 cm³/mol. The van der Waals surface area contributed by atoms with E-state index in [0.29, 0.717) is 6.61 Å². The summed E-state index contributed by atoms with van der Waals surface area (Å²) < 4.78 is 4.40. The summed E-state index contributed by atoms with van der Waals surface area (Å²) >= 11 is 0. The summed E-state index contributed by atoms with van der Waals surface area (Å²) in [6, 6.07) is 0. The van der Waals surface area contributed by atoms with Crippen LogP contribution in [-0.4, -0.2) is 12.6 Å². The molecule has 1 fully saturated rings. The third-order valence-corrected chi connectivity index (χ3v) is 1.85. The maximum atomic E-state index is 9.82. The van der Waals surface area contributed by atoms with Gasteiger partial charge in [0.2, 0.25) is 0 Å². The van der Waals surface area contributed by atoms with Crippen LogP contribution in [-0.2, 0) is 9.53 Å². The van der Waals surface area contributed by atoms with Gasteiger partial charge >= 0.3 is 5.97 Å². The van der Waals surface area contributed by atoms with Gasteiger partial charge in [0.1, 0.15) is 0 Å².